The summed E-state index contributed by atoms with van der Waals surface area (Å²) in [5, 5.41) is 14.0. The minimum Gasteiger partial charge on any atom is -0.438 e. The van der Waals surface area contributed by atoms with Crippen LogP contribution in [0.25, 0.3) is 5.82 Å². The molecule has 2 aromatic heterocycles. The zero-order valence-corrected chi connectivity index (χ0v) is 18.4. The molecule has 0 saturated carbocycles. The van der Waals surface area contributed by atoms with Crippen LogP contribution in [-0.4, -0.2) is 25.8 Å². The zero-order chi connectivity index (χ0) is 22.7. The number of urea groups is 1. The smallest absolute Gasteiger partial charge is 0.323 e. The number of benzene rings is 2. The van der Waals surface area contributed by atoms with Crippen LogP contribution >= 0.6 is 0 Å². The summed E-state index contributed by atoms with van der Waals surface area (Å²) in [6.45, 7) is 7.91. The molecule has 0 aliphatic rings. The van der Waals surface area contributed by atoms with E-state index in [2.05, 4.69) is 25.8 Å². The van der Waals surface area contributed by atoms with E-state index in [-0.39, 0.29) is 6.03 Å². The highest BCUT2D eigenvalue weighted by Crippen LogP contribution is 2.23. The lowest BCUT2D eigenvalue weighted by Gasteiger charge is -2.12. The van der Waals surface area contributed by atoms with Crippen molar-refractivity contribution in [1.29, 1.82) is 0 Å². The summed E-state index contributed by atoms with van der Waals surface area (Å²) in [4.78, 5) is 16.6. The molecule has 0 atom stereocenters. The van der Waals surface area contributed by atoms with Crippen molar-refractivity contribution >= 4 is 17.4 Å². The van der Waals surface area contributed by atoms with Gasteiger partial charge in [-0.15, -0.1) is 10.2 Å². The highest BCUT2D eigenvalue weighted by Gasteiger charge is 2.09. The molecule has 2 aromatic carbocycles. The normalized spacial score (nSPS) is 10.6. The number of aryl methyl sites for hydroxylation is 2. The largest absolute Gasteiger partial charge is 0.438 e. The number of ether oxygens (including phenoxy) is 1. The first-order valence-electron chi connectivity index (χ1n) is 10.2. The molecule has 4 rings (SSSR count). The second-order valence-electron chi connectivity index (χ2n) is 7.47. The van der Waals surface area contributed by atoms with Gasteiger partial charge in [-0.1, -0.05) is 12.1 Å². The Morgan fingerprint density at radius 1 is 0.906 bits per heavy atom. The van der Waals surface area contributed by atoms with E-state index >= 15 is 0 Å². The minimum atomic E-state index is -0.307. The Bertz CT molecular complexity index is 1250. The van der Waals surface area contributed by atoms with Gasteiger partial charge in [0.25, 0.3) is 0 Å². The van der Waals surface area contributed by atoms with Crippen LogP contribution in [-0.2, 0) is 0 Å². The molecule has 162 valence electrons. The fraction of sp³-hybridized carbons (Fsp3) is 0.167. The van der Waals surface area contributed by atoms with Crippen molar-refractivity contribution in [1.82, 2.24) is 19.7 Å². The van der Waals surface area contributed by atoms with Crippen molar-refractivity contribution < 1.29 is 9.53 Å². The molecule has 8 nitrogen and oxygen atoms in total. The average molecular weight is 428 g/mol. The third-order valence-corrected chi connectivity index (χ3v) is 5.31. The maximum Gasteiger partial charge on any atom is 0.323 e. The van der Waals surface area contributed by atoms with E-state index in [0.29, 0.717) is 23.1 Å². The van der Waals surface area contributed by atoms with E-state index in [1.165, 1.54) is 0 Å². The van der Waals surface area contributed by atoms with Crippen molar-refractivity contribution in [3.05, 3.63) is 83.4 Å². The fourth-order valence-electron chi connectivity index (χ4n) is 3.12. The van der Waals surface area contributed by atoms with Gasteiger partial charge in [0.2, 0.25) is 5.88 Å². The summed E-state index contributed by atoms with van der Waals surface area (Å²) in [5.41, 5.74) is 5.55. The summed E-state index contributed by atoms with van der Waals surface area (Å²) in [6.07, 6.45) is 1.72. The molecule has 2 heterocycles. The molecule has 0 bridgehead atoms. The van der Waals surface area contributed by atoms with Crippen LogP contribution < -0.4 is 15.4 Å². The lowest BCUT2D eigenvalue weighted by Crippen LogP contribution is -2.20. The maximum atomic E-state index is 12.3. The van der Waals surface area contributed by atoms with Gasteiger partial charge in [-0.3, -0.25) is 4.57 Å². The summed E-state index contributed by atoms with van der Waals surface area (Å²) >= 11 is 0. The highest BCUT2D eigenvalue weighted by atomic mass is 16.5. The molecular weight excluding hydrogens is 404 g/mol. The van der Waals surface area contributed by atoms with Crippen LogP contribution in [0.5, 0.6) is 11.6 Å². The second-order valence-corrected chi connectivity index (χ2v) is 7.47. The molecule has 0 fully saturated rings. The second kappa shape index (κ2) is 8.89. The Labute approximate surface area is 186 Å². The number of nitrogens with one attached hydrogen (secondary N) is 2. The van der Waals surface area contributed by atoms with E-state index in [0.717, 1.165) is 28.2 Å². The van der Waals surface area contributed by atoms with E-state index in [4.69, 9.17) is 4.74 Å². The van der Waals surface area contributed by atoms with E-state index < -0.39 is 0 Å². The van der Waals surface area contributed by atoms with Crippen molar-refractivity contribution in [3.63, 3.8) is 0 Å². The third-order valence-electron chi connectivity index (χ3n) is 5.31. The molecule has 0 saturated heterocycles. The van der Waals surface area contributed by atoms with Crippen molar-refractivity contribution in [3.8, 4) is 17.4 Å². The summed E-state index contributed by atoms with van der Waals surface area (Å²) in [5.74, 6) is 1.63. The predicted octanol–water partition coefficient (Wildman–Crippen LogP) is 5.33. The molecule has 2 N–H and O–H groups in total. The number of aromatic nitrogens is 4. The van der Waals surface area contributed by atoms with Gasteiger partial charge in [0, 0.05) is 23.1 Å². The van der Waals surface area contributed by atoms with Crippen molar-refractivity contribution in [2.45, 2.75) is 27.7 Å². The SMILES string of the molecule is Cc1cccc(NC(=O)Nc2ccc(Oc3ccc(-n4cnc(C)c4C)nn3)cc2)c1C. The molecule has 0 spiro atoms. The molecular formula is C24H24N6O2. The number of imidazole rings is 1. The van der Waals surface area contributed by atoms with Crippen LogP contribution in [0.2, 0.25) is 0 Å². The first-order chi connectivity index (χ1) is 15.4. The van der Waals surface area contributed by atoms with Gasteiger partial charge in [0.1, 0.15) is 12.1 Å². The van der Waals surface area contributed by atoms with Crippen LogP contribution in [0.15, 0.2) is 60.9 Å². The number of carbonyl (C=O) groups is 1. The Morgan fingerprint density at radius 2 is 1.69 bits per heavy atom. The number of carbonyl (C=O) groups excluding carboxylic acids is 1. The lowest BCUT2D eigenvalue weighted by molar-refractivity contribution is 0.262. The maximum absolute atomic E-state index is 12.3. The van der Waals surface area contributed by atoms with E-state index in [1.54, 1.807) is 36.7 Å². The number of hydrogen-bond donors (Lipinski definition) is 2. The number of rotatable bonds is 5. The fourth-order valence-corrected chi connectivity index (χ4v) is 3.12. The van der Waals surface area contributed by atoms with E-state index in [1.807, 2.05) is 56.5 Å². The molecule has 2 amide bonds. The number of amides is 2. The lowest BCUT2D eigenvalue weighted by atomic mass is 10.1. The number of nitrogens with zero attached hydrogens (tertiary/aromatic N) is 4. The average Bonchev–Trinajstić information content (AvgIpc) is 3.12. The number of hydrogen-bond acceptors (Lipinski definition) is 5. The molecule has 0 radical (unpaired) electrons. The Kier molecular flexibility index (Phi) is 5.85. The van der Waals surface area contributed by atoms with Crippen molar-refractivity contribution in [2.24, 2.45) is 0 Å². The molecule has 8 heteroatoms. The minimum absolute atomic E-state index is 0.307. The molecule has 4 aromatic rings. The molecule has 0 unspecified atom stereocenters. The summed E-state index contributed by atoms with van der Waals surface area (Å²) in [6, 6.07) is 16.1. The summed E-state index contributed by atoms with van der Waals surface area (Å²) < 4.78 is 7.63. The van der Waals surface area contributed by atoms with E-state index in [9.17, 15) is 4.79 Å². The Hall–Kier alpha value is -4.20. The van der Waals surface area contributed by atoms with Gasteiger partial charge in [0.15, 0.2) is 5.82 Å². The van der Waals surface area contributed by atoms with Gasteiger partial charge in [-0.25, -0.2) is 9.78 Å². The van der Waals surface area contributed by atoms with Crippen LogP contribution in [0, 0.1) is 27.7 Å². The Morgan fingerprint density at radius 3 is 2.34 bits per heavy atom. The monoisotopic (exact) mass is 428 g/mol. The van der Waals surface area contributed by atoms with Crippen LogP contribution in [0.4, 0.5) is 16.2 Å². The van der Waals surface area contributed by atoms with Crippen LogP contribution in [0.3, 0.4) is 0 Å². The third kappa shape index (κ3) is 4.59. The quantitative estimate of drug-likeness (QED) is 0.448. The van der Waals surface area contributed by atoms with Gasteiger partial charge in [-0.05, 0) is 75.2 Å². The van der Waals surface area contributed by atoms with Gasteiger partial charge in [0.05, 0.1) is 5.69 Å². The molecule has 0 aliphatic heterocycles. The topological polar surface area (TPSA) is 94.0 Å². The van der Waals surface area contributed by atoms with Gasteiger partial charge < -0.3 is 15.4 Å². The molecule has 32 heavy (non-hydrogen) atoms. The van der Waals surface area contributed by atoms with Crippen molar-refractivity contribution in [2.75, 3.05) is 10.6 Å². The Balaban J connectivity index is 1.37. The van der Waals surface area contributed by atoms with Gasteiger partial charge in [-0.2, -0.15) is 0 Å². The first-order valence-corrected chi connectivity index (χ1v) is 10.2. The molecule has 0 aliphatic carbocycles. The van der Waals surface area contributed by atoms with Crippen LogP contribution in [0.1, 0.15) is 22.5 Å². The predicted molar refractivity (Wildman–Crippen MR) is 124 cm³/mol. The standard InChI is InChI=1S/C24H24N6O2/c1-15-6-5-7-21(16(15)2)27-24(31)26-19-8-10-20(11-9-19)32-23-13-12-22(28-29-23)30-14-25-17(3)18(30)4/h5-14H,1-4H3,(H2,26,27,31). The summed E-state index contributed by atoms with van der Waals surface area (Å²) in [7, 11) is 0. The number of anilines is 2. The highest BCUT2D eigenvalue weighted by molar-refractivity contribution is 6.00. The first kappa shape index (κ1) is 21.0. The zero-order valence-electron chi connectivity index (χ0n) is 18.4. The van der Waals surface area contributed by atoms with Gasteiger partial charge >= 0.3 is 6.03 Å².